The van der Waals surface area contributed by atoms with Gasteiger partial charge in [0.15, 0.2) is 0 Å². The monoisotopic (exact) mass is 260 g/mol. The Balaban J connectivity index is 0.00000256. The minimum Gasteiger partial charge on any atom is -0.434 e. The molecule has 0 saturated carbocycles. The number of nitrogen functional groups attached to an aromatic ring is 1. The highest BCUT2D eigenvalue weighted by Gasteiger charge is 2.13. The van der Waals surface area contributed by atoms with Gasteiger partial charge in [0.2, 0.25) is 0 Å². The number of ether oxygens (including phenoxy) is 2. The molecule has 0 aromatic heterocycles. The summed E-state index contributed by atoms with van der Waals surface area (Å²) in [6.45, 7) is 1.77. The van der Waals surface area contributed by atoms with Crippen LogP contribution in [0.1, 0.15) is 17.3 Å². The van der Waals surface area contributed by atoms with Crippen molar-refractivity contribution in [2.45, 2.75) is 6.92 Å². The maximum absolute atomic E-state index is 11.4. The largest absolute Gasteiger partial charge is 0.516 e. The predicted octanol–water partition coefficient (Wildman–Crippen LogP) is 1.71. The van der Waals surface area contributed by atoms with Crippen LogP contribution in [0.5, 0.6) is 0 Å². The van der Waals surface area contributed by atoms with E-state index in [-0.39, 0.29) is 24.6 Å². The van der Waals surface area contributed by atoms with E-state index in [2.05, 4.69) is 14.9 Å². The molecule has 0 spiro atoms. The lowest BCUT2D eigenvalue weighted by Gasteiger charge is -2.03. The lowest BCUT2D eigenvalue weighted by Crippen LogP contribution is -2.14. The molecule has 0 amide bonds. The van der Waals surface area contributed by atoms with E-state index in [4.69, 9.17) is 5.84 Å². The van der Waals surface area contributed by atoms with Crippen molar-refractivity contribution in [3.8, 4) is 0 Å². The third kappa shape index (κ3) is 4.71. The summed E-state index contributed by atoms with van der Waals surface area (Å²) in [6.07, 6.45) is -1.01. The molecule has 0 bridgehead atoms. The van der Waals surface area contributed by atoms with Crippen LogP contribution in [0.25, 0.3) is 0 Å². The van der Waals surface area contributed by atoms with E-state index in [9.17, 15) is 9.59 Å². The van der Waals surface area contributed by atoms with Crippen LogP contribution in [0.4, 0.5) is 10.5 Å². The van der Waals surface area contributed by atoms with Gasteiger partial charge in [-0.2, -0.15) is 0 Å². The molecule has 94 valence electrons. The summed E-state index contributed by atoms with van der Waals surface area (Å²) < 4.78 is 8.86. The Hall–Kier alpha value is -1.79. The second-order valence-electron chi connectivity index (χ2n) is 2.79. The summed E-state index contributed by atoms with van der Waals surface area (Å²) in [5.74, 6) is 4.39. The predicted molar refractivity (Wildman–Crippen MR) is 63.9 cm³/mol. The van der Waals surface area contributed by atoms with Gasteiger partial charge in [0.25, 0.3) is 0 Å². The Bertz CT molecular complexity index is 380. The van der Waals surface area contributed by atoms with Gasteiger partial charge in [-0.05, 0) is 31.2 Å². The molecule has 1 aromatic carbocycles. The molecular weight excluding hydrogens is 248 g/mol. The van der Waals surface area contributed by atoms with Crippen LogP contribution < -0.4 is 11.3 Å². The maximum Gasteiger partial charge on any atom is 0.516 e. The lowest BCUT2D eigenvalue weighted by atomic mass is 10.2. The maximum atomic E-state index is 11.4. The number of carbonyl (C=O) groups excluding carboxylic acids is 2. The number of carbonyl (C=O) groups is 2. The van der Waals surface area contributed by atoms with Crippen LogP contribution in [0.2, 0.25) is 0 Å². The van der Waals surface area contributed by atoms with E-state index in [0.29, 0.717) is 5.69 Å². The Kier molecular flexibility index (Phi) is 6.69. The van der Waals surface area contributed by atoms with E-state index >= 15 is 0 Å². The molecular formula is C10H13ClN2O4. The highest BCUT2D eigenvalue weighted by atomic mass is 35.5. The Morgan fingerprint density at radius 2 is 1.88 bits per heavy atom. The zero-order chi connectivity index (χ0) is 12.0. The van der Waals surface area contributed by atoms with Gasteiger partial charge in [0, 0.05) is 5.69 Å². The zero-order valence-corrected chi connectivity index (χ0v) is 9.95. The molecule has 1 rings (SSSR count). The minimum absolute atomic E-state index is 0. The molecule has 0 unspecified atom stereocenters. The summed E-state index contributed by atoms with van der Waals surface area (Å²) >= 11 is 0. The molecule has 0 aliphatic carbocycles. The molecule has 1 aromatic rings. The van der Waals surface area contributed by atoms with Crippen molar-refractivity contribution in [3.05, 3.63) is 29.8 Å². The van der Waals surface area contributed by atoms with Crippen LogP contribution in [0.3, 0.4) is 0 Å². The number of nitrogens with one attached hydrogen (secondary N) is 1. The molecule has 17 heavy (non-hydrogen) atoms. The van der Waals surface area contributed by atoms with Crippen molar-refractivity contribution >= 4 is 30.2 Å². The molecule has 0 saturated heterocycles. The van der Waals surface area contributed by atoms with Crippen molar-refractivity contribution in [1.29, 1.82) is 0 Å². The van der Waals surface area contributed by atoms with Crippen LogP contribution in [0, 0.1) is 0 Å². The first-order chi connectivity index (χ1) is 7.67. The van der Waals surface area contributed by atoms with Crippen LogP contribution in [0.15, 0.2) is 24.3 Å². The lowest BCUT2D eigenvalue weighted by molar-refractivity contribution is 0.0401. The first-order valence-corrected chi connectivity index (χ1v) is 4.63. The molecule has 0 aliphatic rings. The van der Waals surface area contributed by atoms with Gasteiger partial charge in [-0.25, -0.2) is 9.59 Å². The van der Waals surface area contributed by atoms with Crippen molar-refractivity contribution in [1.82, 2.24) is 0 Å². The summed E-state index contributed by atoms with van der Waals surface area (Å²) in [7, 11) is 0. The van der Waals surface area contributed by atoms with Gasteiger partial charge in [-0.15, -0.1) is 12.4 Å². The number of hydrogen-bond donors (Lipinski definition) is 2. The second kappa shape index (κ2) is 7.48. The summed E-state index contributed by atoms with van der Waals surface area (Å²) in [6, 6.07) is 6.14. The average Bonchev–Trinajstić information content (AvgIpc) is 2.29. The highest BCUT2D eigenvalue weighted by Crippen LogP contribution is 2.09. The topological polar surface area (TPSA) is 90.6 Å². The molecule has 0 atom stereocenters. The van der Waals surface area contributed by atoms with Crippen LogP contribution in [-0.4, -0.2) is 18.7 Å². The van der Waals surface area contributed by atoms with Crippen molar-refractivity contribution in [3.63, 3.8) is 0 Å². The number of rotatable bonds is 3. The zero-order valence-electron chi connectivity index (χ0n) is 9.14. The van der Waals surface area contributed by atoms with Gasteiger partial charge in [0.05, 0.1) is 12.2 Å². The summed E-state index contributed by atoms with van der Waals surface area (Å²) in [4.78, 5) is 22.2. The van der Waals surface area contributed by atoms with E-state index in [1.807, 2.05) is 0 Å². The molecule has 3 N–H and O–H groups in total. The van der Waals surface area contributed by atoms with Gasteiger partial charge < -0.3 is 14.9 Å². The van der Waals surface area contributed by atoms with E-state index in [1.165, 1.54) is 12.1 Å². The first-order valence-electron chi connectivity index (χ1n) is 4.63. The second-order valence-corrected chi connectivity index (χ2v) is 2.79. The molecule has 7 heteroatoms. The number of esters is 1. The number of anilines is 1. The number of benzene rings is 1. The van der Waals surface area contributed by atoms with Crippen LogP contribution in [-0.2, 0) is 9.47 Å². The normalized spacial score (nSPS) is 8.82. The molecule has 0 aliphatic heterocycles. The number of halogens is 1. The Morgan fingerprint density at radius 1 is 1.29 bits per heavy atom. The smallest absolute Gasteiger partial charge is 0.434 e. The fourth-order valence-electron chi connectivity index (χ4n) is 0.984. The molecule has 6 nitrogen and oxygen atoms in total. The fourth-order valence-corrected chi connectivity index (χ4v) is 0.984. The van der Waals surface area contributed by atoms with E-state index in [1.54, 1.807) is 19.1 Å². The van der Waals surface area contributed by atoms with Crippen molar-refractivity contribution < 1.29 is 19.1 Å². The third-order valence-electron chi connectivity index (χ3n) is 1.73. The Labute approximate surface area is 104 Å². The van der Waals surface area contributed by atoms with E-state index < -0.39 is 12.1 Å². The SMILES string of the molecule is CCOC(=O)OC(=O)c1ccc(NN)cc1.Cl. The van der Waals surface area contributed by atoms with Crippen LogP contribution >= 0.6 is 12.4 Å². The van der Waals surface area contributed by atoms with Crippen molar-refractivity contribution in [2.75, 3.05) is 12.0 Å². The summed E-state index contributed by atoms with van der Waals surface area (Å²) in [5.41, 5.74) is 3.30. The van der Waals surface area contributed by atoms with Crippen molar-refractivity contribution in [2.24, 2.45) is 5.84 Å². The Morgan fingerprint density at radius 3 is 2.35 bits per heavy atom. The van der Waals surface area contributed by atoms with Gasteiger partial charge >= 0.3 is 12.1 Å². The molecule has 0 heterocycles. The average molecular weight is 261 g/mol. The molecule has 0 radical (unpaired) electrons. The summed E-state index contributed by atoms with van der Waals surface area (Å²) in [5, 5.41) is 0. The fraction of sp³-hybridized carbons (Fsp3) is 0.200. The number of nitrogens with two attached hydrogens (primary N) is 1. The number of hydrogen-bond acceptors (Lipinski definition) is 6. The van der Waals surface area contributed by atoms with Gasteiger partial charge in [-0.3, -0.25) is 5.84 Å². The standard InChI is InChI=1S/C10H12N2O4.ClH/c1-2-15-10(14)16-9(13)7-3-5-8(12-11)6-4-7;/h3-6,12H,2,11H2,1H3;1H. The first kappa shape index (κ1) is 15.2. The molecule has 0 fully saturated rings. The number of hydrazine groups is 1. The van der Waals surface area contributed by atoms with E-state index in [0.717, 1.165) is 0 Å². The van der Waals surface area contributed by atoms with Gasteiger partial charge in [-0.1, -0.05) is 0 Å². The van der Waals surface area contributed by atoms with Gasteiger partial charge in [0.1, 0.15) is 0 Å². The highest BCUT2D eigenvalue weighted by molar-refractivity contribution is 5.95. The third-order valence-corrected chi connectivity index (χ3v) is 1.73. The minimum atomic E-state index is -1.01. The quantitative estimate of drug-likeness (QED) is 0.372.